The quantitative estimate of drug-likeness (QED) is 0.408. The van der Waals surface area contributed by atoms with Gasteiger partial charge in [0, 0.05) is 11.8 Å². The molecule has 1 atom stereocenters. The minimum atomic E-state index is -1.08. The van der Waals surface area contributed by atoms with Gasteiger partial charge in [-0.05, 0) is 65.7 Å². The number of nitrogen functional groups attached to an aromatic ring is 1. The molecular formula is C25H23F2N7O2. The van der Waals surface area contributed by atoms with Crippen molar-refractivity contribution in [3.63, 3.8) is 0 Å². The first-order valence-corrected chi connectivity index (χ1v) is 11.4. The molecule has 0 saturated carbocycles. The monoisotopic (exact) mass is 491 g/mol. The highest BCUT2D eigenvalue weighted by Crippen LogP contribution is 2.32. The van der Waals surface area contributed by atoms with Crippen LogP contribution in [0.4, 0.5) is 14.6 Å². The number of ether oxygens (including phenoxy) is 1. The predicted octanol–water partition coefficient (Wildman–Crippen LogP) is 3.56. The summed E-state index contributed by atoms with van der Waals surface area (Å²) in [4.78, 5) is 18.9. The maximum absolute atomic E-state index is 14.4. The van der Waals surface area contributed by atoms with Gasteiger partial charge >= 0.3 is 5.97 Å². The molecule has 11 heteroatoms. The fourth-order valence-electron chi connectivity index (χ4n) is 4.45. The number of rotatable bonds is 6. The van der Waals surface area contributed by atoms with Crippen LogP contribution in [-0.4, -0.2) is 56.3 Å². The molecule has 1 aliphatic heterocycles. The maximum atomic E-state index is 14.4. The van der Waals surface area contributed by atoms with Crippen molar-refractivity contribution in [1.82, 2.24) is 30.1 Å². The number of tetrazole rings is 1. The third-order valence-corrected chi connectivity index (χ3v) is 6.28. The molecule has 184 valence electrons. The Morgan fingerprint density at radius 2 is 1.83 bits per heavy atom. The molecule has 0 bridgehead atoms. The van der Waals surface area contributed by atoms with Crippen LogP contribution in [0.15, 0.2) is 54.7 Å². The van der Waals surface area contributed by atoms with Gasteiger partial charge in [0.25, 0.3) is 0 Å². The Morgan fingerprint density at radius 3 is 2.56 bits per heavy atom. The van der Waals surface area contributed by atoms with Gasteiger partial charge in [0.2, 0.25) is 0 Å². The van der Waals surface area contributed by atoms with Crippen LogP contribution in [-0.2, 0) is 9.53 Å². The summed E-state index contributed by atoms with van der Waals surface area (Å²) in [5.74, 6) is -2.15. The lowest BCUT2D eigenvalue weighted by molar-refractivity contribution is -0.146. The van der Waals surface area contributed by atoms with Gasteiger partial charge in [0.05, 0.1) is 12.7 Å². The highest BCUT2D eigenvalue weighted by atomic mass is 19.2. The van der Waals surface area contributed by atoms with E-state index in [-0.39, 0.29) is 23.3 Å². The Labute approximate surface area is 205 Å². The average molecular weight is 492 g/mol. The summed E-state index contributed by atoms with van der Waals surface area (Å²) in [6.07, 6.45) is 3.69. The van der Waals surface area contributed by atoms with Crippen LogP contribution in [0.25, 0.3) is 28.2 Å². The van der Waals surface area contributed by atoms with Crippen LogP contribution in [0.2, 0.25) is 0 Å². The molecule has 0 amide bonds. The number of benzene rings is 2. The molecule has 0 spiro atoms. The number of carbonyl (C=O) groups is 1. The van der Waals surface area contributed by atoms with Gasteiger partial charge in [-0.3, -0.25) is 4.90 Å². The standard InChI is InChI=1S/C25H23F2N7O2/c1-36-25(35)22(33-11-2-3-12-33)16-9-7-15(8-10-16)17-13-18(23(28)29-14-17)24-30-31-32-34(24)20-6-4-5-19(26)21(20)27/h4-10,13-14,22H,2-3,11-12H2,1H3,(H2,28,29). The van der Waals surface area contributed by atoms with Crippen molar-refractivity contribution >= 4 is 11.8 Å². The molecule has 5 rings (SSSR count). The Hall–Kier alpha value is -4.25. The third-order valence-electron chi connectivity index (χ3n) is 6.28. The van der Waals surface area contributed by atoms with Gasteiger partial charge in [0.15, 0.2) is 17.5 Å². The van der Waals surface area contributed by atoms with Gasteiger partial charge in [-0.2, -0.15) is 4.68 Å². The van der Waals surface area contributed by atoms with E-state index in [0.29, 0.717) is 11.1 Å². The van der Waals surface area contributed by atoms with Gasteiger partial charge < -0.3 is 10.5 Å². The second-order valence-electron chi connectivity index (χ2n) is 8.43. The molecular weight excluding hydrogens is 468 g/mol. The zero-order chi connectivity index (χ0) is 25.2. The zero-order valence-corrected chi connectivity index (χ0v) is 19.4. The normalized spacial score (nSPS) is 14.6. The van der Waals surface area contributed by atoms with Gasteiger partial charge in [-0.1, -0.05) is 30.3 Å². The van der Waals surface area contributed by atoms with Gasteiger partial charge in [0.1, 0.15) is 17.5 Å². The number of hydrogen-bond donors (Lipinski definition) is 1. The fourth-order valence-corrected chi connectivity index (χ4v) is 4.45. The zero-order valence-electron chi connectivity index (χ0n) is 19.4. The molecule has 9 nitrogen and oxygen atoms in total. The van der Waals surface area contributed by atoms with E-state index < -0.39 is 17.7 Å². The molecule has 2 aromatic carbocycles. The number of halogens is 2. The van der Waals surface area contributed by atoms with Gasteiger partial charge in [-0.15, -0.1) is 5.10 Å². The highest BCUT2D eigenvalue weighted by Gasteiger charge is 2.30. The fraction of sp³-hybridized carbons (Fsp3) is 0.240. The van der Waals surface area contributed by atoms with E-state index in [1.807, 2.05) is 24.3 Å². The summed E-state index contributed by atoms with van der Waals surface area (Å²) in [6.45, 7) is 1.68. The molecule has 1 unspecified atom stereocenters. The SMILES string of the molecule is COC(=O)C(c1ccc(-c2cnc(N)c(-c3nnnn3-c3cccc(F)c3F)c2)cc1)N1CCCC1. The molecule has 2 N–H and O–H groups in total. The second-order valence-corrected chi connectivity index (χ2v) is 8.43. The molecule has 0 aliphatic carbocycles. The van der Waals surface area contributed by atoms with E-state index in [9.17, 15) is 13.6 Å². The van der Waals surface area contributed by atoms with Crippen molar-refractivity contribution < 1.29 is 18.3 Å². The summed E-state index contributed by atoms with van der Waals surface area (Å²) in [5, 5.41) is 11.4. The summed E-state index contributed by atoms with van der Waals surface area (Å²) < 4.78 is 34.4. The lowest BCUT2D eigenvalue weighted by Crippen LogP contribution is -2.32. The number of nitrogens with zero attached hydrogens (tertiary/aromatic N) is 6. The third kappa shape index (κ3) is 4.29. The molecule has 36 heavy (non-hydrogen) atoms. The Kier molecular flexibility index (Phi) is 6.38. The lowest BCUT2D eigenvalue weighted by atomic mass is 10.00. The first kappa shape index (κ1) is 23.5. The van der Waals surface area contributed by atoms with E-state index >= 15 is 0 Å². The minimum Gasteiger partial charge on any atom is -0.468 e. The minimum absolute atomic E-state index is 0.114. The van der Waals surface area contributed by atoms with Crippen LogP contribution >= 0.6 is 0 Å². The number of pyridine rings is 1. The topological polar surface area (TPSA) is 112 Å². The largest absolute Gasteiger partial charge is 0.468 e. The summed E-state index contributed by atoms with van der Waals surface area (Å²) in [6, 6.07) is 12.5. The Bertz CT molecular complexity index is 1400. The number of nitrogens with two attached hydrogens (primary N) is 1. The number of anilines is 1. The van der Waals surface area contributed by atoms with E-state index in [2.05, 4.69) is 25.4 Å². The summed E-state index contributed by atoms with van der Waals surface area (Å²) in [5.41, 5.74) is 8.67. The smallest absolute Gasteiger partial charge is 0.327 e. The number of carbonyl (C=O) groups excluding carboxylic acids is 1. The Balaban J connectivity index is 1.50. The number of aromatic nitrogens is 5. The molecule has 1 saturated heterocycles. The van der Waals surface area contributed by atoms with E-state index in [1.165, 1.54) is 19.2 Å². The number of hydrogen-bond acceptors (Lipinski definition) is 8. The maximum Gasteiger partial charge on any atom is 0.327 e. The van der Waals surface area contributed by atoms with Gasteiger partial charge in [-0.25, -0.2) is 18.6 Å². The molecule has 0 radical (unpaired) electrons. The van der Waals surface area contributed by atoms with E-state index in [0.717, 1.165) is 47.8 Å². The van der Waals surface area contributed by atoms with Crippen LogP contribution in [0, 0.1) is 11.6 Å². The van der Waals surface area contributed by atoms with Crippen molar-refractivity contribution in [1.29, 1.82) is 0 Å². The van der Waals surface area contributed by atoms with Crippen molar-refractivity contribution in [3.05, 3.63) is 71.9 Å². The summed E-state index contributed by atoms with van der Waals surface area (Å²) in [7, 11) is 1.39. The number of esters is 1. The van der Waals surface area contributed by atoms with Crippen molar-refractivity contribution in [2.45, 2.75) is 18.9 Å². The van der Waals surface area contributed by atoms with Crippen LogP contribution < -0.4 is 5.73 Å². The number of methoxy groups -OCH3 is 1. The number of likely N-dealkylation sites (tertiary alicyclic amines) is 1. The van der Waals surface area contributed by atoms with E-state index in [1.54, 1.807) is 12.3 Å². The average Bonchev–Trinajstić information content (AvgIpc) is 3.59. The summed E-state index contributed by atoms with van der Waals surface area (Å²) >= 11 is 0. The van der Waals surface area contributed by atoms with E-state index in [4.69, 9.17) is 10.5 Å². The van der Waals surface area contributed by atoms with Crippen LogP contribution in [0.3, 0.4) is 0 Å². The van der Waals surface area contributed by atoms with Crippen LogP contribution in [0.1, 0.15) is 24.4 Å². The predicted molar refractivity (Wildman–Crippen MR) is 128 cm³/mol. The molecule has 4 aromatic rings. The highest BCUT2D eigenvalue weighted by molar-refractivity contribution is 5.79. The first-order valence-electron chi connectivity index (χ1n) is 11.4. The molecule has 2 aromatic heterocycles. The second kappa shape index (κ2) is 9.78. The first-order chi connectivity index (χ1) is 17.5. The molecule has 3 heterocycles. The van der Waals surface area contributed by atoms with Crippen LogP contribution in [0.5, 0.6) is 0 Å². The van der Waals surface area contributed by atoms with Crippen molar-refractivity contribution in [2.75, 3.05) is 25.9 Å². The van der Waals surface area contributed by atoms with Crippen molar-refractivity contribution in [3.8, 4) is 28.2 Å². The lowest BCUT2D eigenvalue weighted by Gasteiger charge is -2.25. The molecule has 1 aliphatic rings. The van der Waals surface area contributed by atoms with Crippen molar-refractivity contribution in [2.24, 2.45) is 0 Å². The molecule has 1 fully saturated rings. The Morgan fingerprint density at radius 1 is 1.08 bits per heavy atom.